The minimum atomic E-state index is -3.83. The second-order valence-corrected chi connectivity index (χ2v) is 8.39. The van der Waals surface area contributed by atoms with Crippen molar-refractivity contribution in [2.75, 3.05) is 4.72 Å². The van der Waals surface area contributed by atoms with E-state index in [1.165, 1.54) is 30.3 Å². The van der Waals surface area contributed by atoms with E-state index in [1.807, 2.05) is 0 Å². The number of nitrogens with one attached hydrogen (secondary N) is 1. The second kappa shape index (κ2) is 6.86. The molecular formula is C16H14N2O4S2. The number of benzene rings is 2. The Bertz CT molecular complexity index is 1020. The van der Waals surface area contributed by atoms with Crippen LogP contribution in [0.2, 0.25) is 0 Å². The normalized spacial score (nSPS) is 12.0. The highest BCUT2D eigenvalue weighted by atomic mass is 32.2. The van der Waals surface area contributed by atoms with Gasteiger partial charge >= 0.3 is 0 Å². The molecule has 2 aromatic rings. The smallest absolute Gasteiger partial charge is 0.261 e. The van der Waals surface area contributed by atoms with Gasteiger partial charge in [0.25, 0.3) is 10.0 Å². The Morgan fingerprint density at radius 2 is 1.67 bits per heavy atom. The molecule has 0 fully saturated rings. The predicted octanol–water partition coefficient (Wildman–Crippen LogP) is 2.61. The molecule has 2 rings (SSSR count). The predicted molar refractivity (Wildman–Crippen MR) is 90.4 cm³/mol. The molecule has 0 bridgehead atoms. The molecule has 0 amide bonds. The van der Waals surface area contributed by atoms with Crippen molar-refractivity contribution in [2.24, 2.45) is 0 Å². The van der Waals surface area contributed by atoms with Gasteiger partial charge in [0, 0.05) is 11.5 Å². The van der Waals surface area contributed by atoms with Crippen molar-refractivity contribution in [3.63, 3.8) is 0 Å². The third kappa shape index (κ3) is 4.01. The third-order valence-corrected chi connectivity index (χ3v) is 5.94. The number of rotatable bonds is 5. The molecule has 1 N–H and O–H groups in total. The van der Waals surface area contributed by atoms with Crippen LogP contribution < -0.4 is 4.72 Å². The molecular weight excluding hydrogens is 348 g/mol. The van der Waals surface area contributed by atoms with E-state index in [0.29, 0.717) is 5.56 Å². The van der Waals surface area contributed by atoms with Crippen LogP contribution in [-0.2, 0) is 19.9 Å². The monoisotopic (exact) mass is 362 g/mol. The number of nitrogens with zero attached hydrogens (tertiary/aromatic N) is 1. The zero-order chi connectivity index (χ0) is 17.8. The Morgan fingerprint density at radius 1 is 1.00 bits per heavy atom. The molecule has 0 unspecified atom stereocenters. The Balaban J connectivity index is 2.44. The van der Waals surface area contributed by atoms with Crippen LogP contribution in [-0.4, -0.2) is 16.8 Å². The van der Waals surface area contributed by atoms with Crippen LogP contribution in [0.25, 0.3) is 0 Å². The van der Waals surface area contributed by atoms with Gasteiger partial charge in [-0.2, -0.15) is 5.26 Å². The van der Waals surface area contributed by atoms with Crippen molar-refractivity contribution in [1.29, 1.82) is 5.26 Å². The quantitative estimate of drug-likeness (QED) is 0.823. The van der Waals surface area contributed by atoms with Crippen LogP contribution in [0.5, 0.6) is 0 Å². The Labute approximate surface area is 141 Å². The van der Waals surface area contributed by atoms with Crippen molar-refractivity contribution in [1.82, 2.24) is 0 Å². The SMILES string of the molecule is Cc1ccc(S(=O)(=O)/C=C/C#N)cc1NS(=O)(=O)c1ccccc1. The van der Waals surface area contributed by atoms with E-state index < -0.39 is 19.9 Å². The molecule has 8 heteroatoms. The number of hydrogen-bond donors (Lipinski definition) is 1. The van der Waals surface area contributed by atoms with E-state index in [0.717, 1.165) is 11.5 Å². The molecule has 0 aromatic heterocycles. The molecule has 2 aromatic carbocycles. The van der Waals surface area contributed by atoms with Crippen LogP contribution >= 0.6 is 0 Å². The van der Waals surface area contributed by atoms with Crippen LogP contribution in [0, 0.1) is 18.3 Å². The number of aryl methyl sites for hydroxylation is 1. The summed E-state index contributed by atoms with van der Waals surface area (Å²) in [5.41, 5.74) is 0.725. The Hall–Kier alpha value is -2.63. The standard InChI is InChI=1S/C16H14N2O4S2/c1-13-8-9-15(23(19,20)11-5-10-17)12-16(13)18-24(21,22)14-6-3-2-4-7-14/h2-9,11-12,18H,1H3/b11-5+. The molecule has 0 spiro atoms. The van der Waals surface area contributed by atoms with Crippen LogP contribution in [0.4, 0.5) is 5.69 Å². The molecule has 0 heterocycles. The van der Waals surface area contributed by atoms with Gasteiger partial charge in [-0.05, 0) is 36.8 Å². The molecule has 0 aliphatic heterocycles. The lowest BCUT2D eigenvalue weighted by atomic mass is 10.2. The first-order valence-electron chi connectivity index (χ1n) is 6.76. The minimum Gasteiger partial charge on any atom is -0.279 e. The van der Waals surface area contributed by atoms with Gasteiger partial charge in [-0.3, -0.25) is 4.72 Å². The minimum absolute atomic E-state index is 0.0713. The highest BCUT2D eigenvalue weighted by Gasteiger charge is 2.17. The fourth-order valence-electron chi connectivity index (χ4n) is 1.89. The first kappa shape index (κ1) is 17.7. The van der Waals surface area contributed by atoms with E-state index in [-0.39, 0.29) is 15.5 Å². The van der Waals surface area contributed by atoms with Gasteiger partial charge in [0.1, 0.15) is 0 Å². The van der Waals surface area contributed by atoms with E-state index >= 15 is 0 Å². The zero-order valence-electron chi connectivity index (χ0n) is 12.7. The van der Waals surface area contributed by atoms with Crippen molar-refractivity contribution < 1.29 is 16.8 Å². The van der Waals surface area contributed by atoms with Crippen molar-refractivity contribution in [3.05, 3.63) is 65.6 Å². The summed E-state index contributed by atoms with van der Waals surface area (Å²) in [4.78, 5) is -0.0348. The van der Waals surface area contributed by atoms with E-state index in [9.17, 15) is 16.8 Å². The molecule has 0 saturated carbocycles. The molecule has 24 heavy (non-hydrogen) atoms. The summed E-state index contributed by atoms with van der Waals surface area (Å²) in [5, 5.41) is 9.23. The Kier molecular flexibility index (Phi) is 5.07. The number of anilines is 1. The van der Waals surface area contributed by atoms with E-state index in [4.69, 9.17) is 5.26 Å². The van der Waals surface area contributed by atoms with Gasteiger partial charge in [-0.25, -0.2) is 16.8 Å². The number of nitriles is 1. The first-order valence-corrected chi connectivity index (χ1v) is 9.79. The second-order valence-electron chi connectivity index (χ2n) is 4.87. The van der Waals surface area contributed by atoms with Crippen LogP contribution in [0.15, 0.2) is 69.8 Å². The largest absolute Gasteiger partial charge is 0.279 e. The topological polar surface area (TPSA) is 104 Å². The molecule has 0 aliphatic rings. The molecule has 124 valence electrons. The fraction of sp³-hybridized carbons (Fsp3) is 0.0625. The fourth-order valence-corrected chi connectivity index (χ4v) is 3.97. The maximum absolute atomic E-state index is 12.4. The molecule has 6 nitrogen and oxygen atoms in total. The summed E-state index contributed by atoms with van der Waals surface area (Å²) in [6.07, 6.45) is 0.850. The van der Waals surface area contributed by atoms with Crippen LogP contribution in [0.1, 0.15) is 5.56 Å². The molecule has 0 atom stereocenters. The number of sulfone groups is 1. The summed E-state index contributed by atoms with van der Waals surface area (Å²) in [6, 6.07) is 13.4. The van der Waals surface area contributed by atoms with Crippen molar-refractivity contribution in [2.45, 2.75) is 16.7 Å². The number of hydrogen-bond acceptors (Lipinski definition) is 5. The van der Waals surface area contributed by atoms with E-state index in [1.54, 1.807) is 31.2 Å². The molecule has 0 aliphatic carbocycles. The molecule has 0 saturated heterocycles. The Morgan fingerprint density at radius 3 is 2.29 bits per heavy atom. The number of allylic oxidation sites excluding steroid dienone is 1. The van der Waals surface area contributed by atoms with Gasteiger partial charge in [-0.15, -0.1) is 0 Å². The maximum Gasteiger partial charge on any atom is 0.261 e. The lowest BCUT2D eigenvalue weighted by Gasteiger charge is -2.12. The summed E-state index contributed by atoms with van der Waals surface area (Å²) in [6.45, 7) is 1.66. The first-order chi connectivity index (χ1) is 11.3. The average molecular weight is 362 g/mol. The maximum atomic E-state index is 12.4. The highest BCUT2D eigenvalue weighted by Crippen LogP contribution is 2.24. The van der Waals surface area contributed by atoms with Crippen molar-refractivity contribution >= 4 is 25.5 Å². The number of sulfonamides is 1. The molecule has 0 radical (unpaired) electrons. The van der Waals surface area contributed by atoms with Crippen molar-refractivity contribution in [3.8, 4) is 6.07 Å². The van der Waals surface area contributed by atoms with Gasteiger partial charge in [-0.1, -0.05) is 24.3 Å². The van der Waals surface area contributed by atoms with Gasteiger partial charge in [0.05, 0.1) is 21.5 Å². The lowest BCUT2D eigenvalue weighted by molar-refractivity contribution is 0.600. The third-order valence-electron chi connectivity index (χ3n) is 3.16. The van der Waals surface area contributed by atoms with E-state index in [2.05, 4.69) is 4.72 Å². The van der Waals surface area contributed by atoms with Gasteiger partial charge < -0.3 is 0 Å². The summed E-state index contributed by atoms with van der Waals surface area (Å²) < 4.78 is 51.3. The van der Waals surface area contributed by atoms with Crippen LogP contribution in [0.3, 0.4) is 0 Å². The average Bonchev–Trinajstić information content (AvgIpc) is 2.55. The summed E-state index contributed by atoms with van der Waals surface area (Å²) in [7, 11) is -7.65. The van der Waals surface area contributed by atoms with Gasteiger partial charge in [0.15, 0.2) is 0 Å². The summed E-state index contributed by atoms with van der Waals surface area (Å²) >= 11 is 0. The highest BCUT2D eigenvalue weighted by molar-refractivity contribution is 7.94. The lowest BCUT2D eigenvalue weighted by Crippen LogP contribution is -2.14. The van der Waals surface area contributed by atoms with Gasteiger partial charge in [0.2, 0.25) is 9.84 Å². The zero-order valence-corrected chi connectivity index (χ0v) is 14.3. The summed E-state index contributed by atoms with van der Waals surface area (Å²) in [5.74, 6) is 0.